The second-order valence-corrected chi connectivity index (χ2v) is 5.98. The van der Waals surface area contributed by atoms with Crippen molar-refractivity contribution in [1.29, 1.82) is 0 Å². The fourth-order valence-electron chi connectivity index (χ4n) is 1.78. The minimum Gasteiger partial charge on any atom is -0.265 e. The summed E-state index contributed by atoms with van der Waals surface area (Å²) in [5.41, 5.74) is 0.659. The summed E-state index contributed by atoms with van der Waals surface area (Å²) in [4.78, 5) is 10.3. The van der Waals surface area contributed by atoms with Crippen LogP contribution >= 0.6 is 0 Å². The molecule has 2 rings (SSSR count). The molecule has 0 saturated carbocycles. The fraction of sp³-hybridized carbons (Fsp3) is 0.143. The molecule has 2 aromatic rings. The van der Waals surface area contributed by atoms with Crippen LogP contribution in [0.1, 0.15) is 11.1 Å². The Kier molecular flexibility index (Phi) is 4.66. The van der Waals surface area contributed by atoms with E-state index in [1.807, 2.05) is 0 Å². The lowest BCUT2D eigenvalue weighted by Gasteiger charge is -2.06. The lowest BCUT2D eigenvalue weighted by molar-refractivity contribution is -0.385. The second-order valence-electron chi connectivity index (χ2n) is 4.34. The van der Waals surface area contributed by atoms with E-state index in [9.17, 15) is 18.5 Å². The third kappa shape index (κ3) is 4.37. The van der Waals surface area contributed by atoms with E-state index in [0.717, 1.165) is 0 Å². The molecule has 0 amide bonds. The number of hydrogen-bond acceptors (Lipinski definition) is 5. The summed E-state index contributed by atoms with van der Waals surface area (Å²) in [5, 5.41) is 10.8. The van der Waals surface area contributed by atoms with Gasteiger partial charge in [-0.15, -0.1) is 0 Å². The zero-order valence-electron chi connectivity index (χ0n) is 11.0. The lowest BCUT2D eigenvalue weighted by atomic mass is 10.2. The number of nitro benzene ring substituents is 1. The average molecular weight is 307 g/mol. The van der Waals surface area contributed by atoms with Gasteiger partial charge in [-0.1, -0.05) is 42.5 Å². The minimum atomic E-state index is -3.80. The summed E-state index contributed by atoms with van der Waals surface area (Å²) in [7, 11) is -3.80. The molecular weight excluding hydrogens is 294 g/mol. The van der Waals surface area contributed by atoms with Gasteiger partial charge in [0.25, 0.3) is 15.8 Å². The molecule has 0 heterocycles. The van der Waals surface area contributed by atoms with Gasteiger partial charge in [-0.05, 0) is 11.6 Å². The maximum absolute atomic E-state index is 11.9. The third-order valence-electron chi connectivity index (χ3n) is 2.77. The molecule has 110 valence electrons. The molecule has 7 heteroatoms. The van der Waals surface area contributed by atoms with Gasteiger partial charge in [0.1, 0.15) is 5.75 Å². The number of rotatable bonds is 6. The van der Waals surface area contributed by atoms with Crippen LogP contribution in [0.5, 0.6) is 0 Å². The van der Waals surface area contributed by atoms with Gasteiger partial charge in [-0.25, -0.2) is 0 Å². The van der Waals surface area contributed by atoms with Crippen LogP contribution in [-0.2, 0) is 26.7 Å². The number of nitrogens with zero attached hydrogens (tertiary/aromatic N) is 1. The van der Waals surface area contributed by atoms with E-state index in [2.05, 4.69) is 0 Å². The van der Waals surface area contributed by atoms with E-state index in [1.165, 1.54) is 18.2 Å². The van der Waals surface area contributed by atoms with Crippen LogP contribution in [0.2, 0.25) is 0 Å². The monoisotopic (exact) mass is 307 g/mol. The van der Waals surface area contributed by atoms with Crippen LogP contribution in [0.25, 0.3) is 0 Å². The summed E-state index contributed by atoms with van der Waals surface area (Å²) < 4.78 is 28.6. The van der Waals surface area contributed by atoms with Crippen molar-refractivity contribution in [3.63, 3.8) is 0 Å². The normalized spacial score (nSPS) is 11.2. The quantitative estimate of drug-likeness (QED) is 0.465. The van der Waals surface area contributed by atoms with Crippen molar-refractivity contribution in [1.82, 2.24) is 0 Å². The molecule has 0 aliphatic carbocycles. The summed E-state index contributed by atoms with van der Waals surface area (Å²) >= 11 is 0. The van der Waals surface area contributed by atoms with E-state index in [-0.39, 0.29) is 23.6 Å². The van der Waals surface area contributed by atoms with Gasteiger partial charge in [0.2, 0.25) is 0 Å². The van der Waals surface area contributed by atoms with Gasteiger partial charge >= 0.3 is 0 Å². The molecule has 0 bridgehead atoms. The molecule has 0 aliphatic rings. The highest BCUT2D eigenvalue weighted by Crippen LogP contribution is 2.20. The summed E-state index contributed by atoms with van der Waals surface area (Å²) in [6.45, 7) is -0.355. The molecule has 6 nitrogen and oxygen atoms in total. The summed E-state index contributed by atoms with van der Waals surface area (Å²) in [6, 6.07) is 14.5. The van der Waals surface area contributed by atoms with Crippen molar-refractivity contribution in [2.75, 3.05) is 0 Å². The molecule has 0 N–H and O–H groups in total. The van der Waals surface area contributed by atoms with Crippen LogP contribution in [0, 0.1) is 10.1 Å². The first-order valence-corrected chi connectivity index (χ1v) is 7.69. The Morgan fingerprint density at radius 1 is 1.00 bits per heavy atom. The SMILES string of the molecule is O=[N+]([O-])c1ccccc1COS(=O)(=O)Cc1ccccc1. The van der Waals surface area contributed by atoms with Crippen LogP contribution in [0.3, 0.4) is 0 Å². The van der Waals surface area contributed by atoms with Crippen molar-refractivity contribution in [3.8, 4) is 0 Å². The van der Waals surface area contributed by atoms with E-state index in [1.54, 1.807) is 36.4 Å². The predicted octanol–water partition coefficient (Wildman–Crippen LogP) is 2.64. The van der Waals surface area contributed by atoms with Crippen LogP contribution in [-0.4, -0.2) is 13.3 Å². The maximum atomic E-state index is 11.9. The number of nitro groups is 1. The second kappa shape index (κ2) is 6.47. The largest absolute Gasteiger partial charge is 0.274 e. The minimum absolute atomic E-state index is 0.160. The van der Waals surface area contributed by atoms with Gasteiger partial charge in [0.05, 0.1) is 17.1 Å². The van der Waals surface area contributed by atoms with Crippen molar-refractivity contribution < 1.29 is 17.5 Å². The van der Waals surface area contributed by atoms with Crippen molar-refractivity contribution >= 4 is 15.8 Å². The molecule has 0 radical (unpaired) electrons. The molecule has 21 heavy (non-hydrogen) atoms. The Labute approximate surface area is 122 Å². The fourth-order valence-corrected chi connectivity index (χ4v) is 2.77. The molecule has 0 atom stereocenters. The average Bonchev–Trinajstić information content (AvgIpc) is 2.46. The molecule has 0 aromatic heterocycles. The molecule has 2 aromatic carbocycles. The first-order valence-electron chi connectivity index (χ1n) is 6.11. The Bertz CT molecular complexity index is 728. The Hall–Kier alpha value is -2.25. The smallest absolute Gasteiger partial charge is 0.265 e. The van der Waals surface area contributed by atoms with E-state index >= 15 is 0 Å². The molecule has 0 saturated heterocycles. The van der Waals surface area contributed by atoms with Crippen molar-refractivity contribution in [2.24, 2.45) is 0 Å². The maximum Gasteiger partial charge on any atom is 0.274 e. The van der Waals surface area contributed by atoms with E-state index in [4.69, 9.17) is 4.18 Å². The number of hydrogen-bond donors (Lipinski definition) is 0. The highest BCUT2D eigenvalue weighted by atomic mass is 32.2. The first kappa shape index (κ1) is 15.1. The van der Waals surface area contributed by atoms with Crippen LogP contribution in [0.4, 0.5) is 5.69 Å². The van der Waals surface area contributed by atoms with Gasteiger partial charge in [0.15, 0.2) is 0 Å². The van der Waals surface area contributed by atoms with Gasteiger partial charge in [-0.2, -0.15) is 8.42 Å². The summed E-state index contributed by atoms with van der Waals surface area (Å²) in [6.07, 6.45) is 0. The highest BCUT2D eigenvalue weighted by Gasteiger charge is 2.17. The lowest BCUT2D eigenvalue weighted by Crippen LogP contribution is -2.09. The van der Waals surface area contributed by atoms with Gasteiger partial charge < -0.3 is 0 Å². The third-order valence-corrected chi connectivity index (χ3v) is 3.93. The molecule has 0 unspecified atom stereocenters. The molecule has 0 aliphatic heterocycles. The highest BCUT2D eigenvalue weighted by molar-refractivity contribution is 7.85. The van der Waals surface area contributed by atoms with Crippen molar-refractivity contribution in [3.05, 3.63) is 75.8 Å². The molecule has 0 fully saturated rings. The van der Waals surface area contributed by atoms with Gasteiger partial charge in [-0.3, -0.25) is 14.3 Å². The Balaban J connectivity index is 2.07. The summed E-state index contributed by atoms with van der Waals surface area (Å²) in [5.74, 6) is -0.269. The van der Waals surface area contributed by atoms with Crippen LogP contribution in [0.15, 0.2) is 54.6 Å². The van der Waals surface area contributed by atoms with Crippen molar-refractivity contribution in [2.45, 2.75) is 12.4 Å². The van der Waals surface area contributed by atoms with E-state index in [0.29, 0.717) is 5.56 Å². The zero-order valence-corrected chi connectivity index (χ0v) is 11.8. The topological polar surface area (TPSA) is 86.5 Å². The molecule has 0 spiro atoms. The van der Waals surface area contributed by atoms with E-state index < -0.39 is 15.0 Å². The zero-order chi connectivity index (χ0) is 15.3. The Morgan fingerprint density at radius 2 is 1.62 bits per heavy atom. The Morgan fingerprint density at radius 3 is 2.29 bits per heavy atom. The predicted molar refractivity (Wildman–Crippen MR) is 77.0 cm³/mol. The molecular formula is C14H13NO5S. The standard InChI is InChI=1S/C14H13NO5S/c16-15(17)14-9-5-4-8-13(14)10-20-21(18,19)11-12-6-2-1-3-7-12/h1-9H,10-11H2. The number of benzene rings is 2. The number of para-hydroxylation sites is 1. The van der Waals surface area contributed by atoms with Crippen LogP contribution < -0.4 is 0 Å². The first-order chi connectivity index (χ1) is 9.98. The van der Waals surface area contributed by atoms with Gasteiger partial charge in [0, 0.05) is 6.07 Å².